The summed E-state index contributed by atoms with van der Waals surface area (Å²) in [6.07, 6.45) is 2.26. The molecular formula is C23H28N2O2. The zero-order chi connectivity index (χ0) is 19.2. The van der Waals surface area contributed by atoms with Crippen molar-refractivity contribution in [2.24, 2.45) is 0 Å². The molecule has 27 heavy (non-hydrogen) atoms. The van der Waals surface area contributed by atoms with Crippen LogP contribution in [-0.4, -0.2) is 47.8 Å². The number of benzene rings is 2. The predicted molar refractivity (Wildman–Crippen MR) is 108 cm³/mol. The molecule has 0 aliphatic carbocycles. The van der Waals surface area contributed by atoms with Gasteiger partial charge < -0.3 is 9.80 Å². The molecule has 4 heteroatoms. The van der Waals surface area contributed by atoms with E-state index in [1.807, 2.05) is 40.1 Å². The van der Waals surface area contributed by atoms with Crippen LogP contribution < -0.4 is 0 Å². The Bertz CT molecular complexity index is 790. The molecule has 4 nitrogen and oxygen atoms in total. The summed E-state index contributed by atoms with van der Waals surface area (Å²) in [6.45, 7) is 6.61. The van der Waals surface area contributed by atoms with Gasteiger partial charge in [0.2, 0.25) is 5.91 Å². The molecular weight excluding hydrogens is 336 g/mol. The number of hydrogen-bond donors (Lipinski definition) is 0. The number of rotatable bonds is 5. The van der Waals surface area contributed by atoms with Crippen LogP contribution in [0.4, 0.5) is 0 Å². The molecule has 0 saturated carbocycles. The minimum atomic E-state index is 0.0597. The third kappa shape index (κ3) is 4.97. The summed E-state index contributed by atoms with van der Waals surface area (Å²) in [6, 6.07) is 16.1. The molecule has 3 rings (SSSR count). The van der Waals surface area contributed by atoms with Gasteiger partial charge in [-0.2, -0.15) is 0 Å². The van der Waals surface area contributed by atoms with Crippen molar-refractivity contribution in [2.75, 3.05) is 26.2 Å². The Kier molecular flexibility index (Phi) is 6.28. The monoisotopic (exact) mass is 364 g/mol. The van der Waals surface area contributed by atoms with Gasteiger partial charge in [-0.25, -0.2) is 0 Å². The summed E-state index contributed by atoms with van der Waals surface area (Å²) in [5.74, 6) is 0.236. The maximum absolute atomic E-state index is 12.6. The molecule has 0 spiro atoms. The zero-order valence-electron chi connectivity index (χ0n) is 16.3. The van der Waals surface area contributed by atoms with Gasteiger partial charge in [-0.15, -0.1) is 0 Å². The van der Waals surface area contributed by atoms with Gasteiger partial charge in [-0.3, -0.25) is 9.59 Å². The van der Waals surface area contributed by atoms with Gasteiger partial charge in [0.15, 0.2) is 0 Å². The van der Waals surface area contributed by atoms with E-state index in [-0.39, 0.29) is 11.8 Å². The van der Waals surface area contributed by atoms with Crippen molar-refractivity contribution in [3.63, 3.8) is 0 Å². The third-order valence-electron chi connectivity index (χ3n) is 5.24. The first-order chi connectivity index (χ1) is 13.1. The van der Waals surface area contributed by atoms with Gasteiger partial charge in [0.1, 0.15) is 0 Å². The molecule has 0 N–H and O–H groups in total. The van der Waals surface area contributed by atoms with Crippen molar-refractivity contribution in [1.82, 2.24) is 9.80 Å². The smallest absolute Gasteiger partial charge is 0.253 e. The van der Waals surface area contributed by atoms with Gasteiger partial charge in [-0.05, 0) is 43.0 Å². The average Bonchev–Trinajstić information content (AvgIpc) is 2.72. The highest BCUT2D eigenvalue weighted by atomic mass is 16.2. The average molecular weight is 364 g/mol. The molecule has 0 bridgehead atoms. The Morgan fingerprint density at radius 2 is 1.56 bits per heavy atom. The second-order valence-electron chi connectivity index (χ2n) is 7.21. The van der Waals surface area contributed by atoms with Gasteiger partial charge in [0.05, 0.1) is 0 Å². The van der Waals surface area contributed by atoms with Crippen LogP contribution in [0.15, 0.2) is 48.5 Å². The molecule has 0 aromatic heterocycles. The Balaban J connectivity index is 1.48. The zero-order valence-corrected chi connectivity index (χ0v) is 16.3. The lowest BCUT2D eigenvalue weighted by Crippen LogP contribution is -2.50. The van der Waals surface area contributed by atoms with Crippen LogP contribution in [0.5, 0.6) is 0 Å². The summed E-state index contributed by atoms with van der Waals surface area (Å²) in [5.41, 5.74) is 4.38. The van der Waals surface area contributed by atoms with Gasteiger partial charge >= 0.3 is 0 Å². The first kappa shape index (κ1) is 19.2. The van der Waals surface area contributed by atoms with Crippen molar-refractivity contribution in [2.45, 2.75) is 33.1 Å². The highest BCUT2D eigenvalue weighted by Gasteiger charge is 2.24. The molecule has 142 valence electrons. The lowest BCUT2D eigenvalue weighted by atomic mass is 10.1. The van der Waals surface area contributed by atoms with E-state index in [4.69, 9.17) is 0 Å². The number of hydrogen-bond acceptors (Lipinski definition) is 2. The topological polar surface area (TPSA) is 40.6 Å². The van der Waals surface area contributed by atoms with Gasteiger partial charge in [0, 0.05) is 38.2 Å². The maximum atomic E-state index is 12.6. The molecule has 0 unspecified atom stereocenters. The van der Waals surface area contributed by atoms with Crippen LogP contribution in [0, 0.1) is 6.92 Å². The normalized spacial score (nSPS) is 14.3. The minimum Gasteiger partial charge on any atom is -0.339 e. The van der Waals surface area contributed by atoms with E-state index in [1.54, 1.807) is 0 Å². The second kappa shape index (κ2) is 8.85. The summed E-state index contributed by atoms with van der Waals surface area (Å²) < 4.78 is 0. The molecule has 1 saturated heterocycles. The molecule has 0 atom stereocenters. The van der Waals surface area contributed by atoms with E-state index in [1.165, 1.54) is 16.7 Å². The molecule has 1 aliphatic rings. The number of amides is 2. The van der Waals surface area contributed by atoms with Crippen LogP contribution in [0.25, 0.3) is 0 Å². The first-order valence-corrected chi connectivity index (χ1v) is 9.78. The van der Waals surface area contributed by atoms with Gasteiger partial charge in [-0.1, -0.05) is 48.9 Å². The van der Waals surface area contributed by atoms with E-state index in [0.29, 0.717) is 32.6 Å². The third-order valence-corrected chi connectivity index (χ3v) is 5.24. The highest BCUT2D eigenvalue weighted by Crippen LogP contribution is 2.13. The molecule has 0 radical (unpaired) electrons. The summed E-state index contributed by atoms with van der Waals surface area (Å²) in [7, 11) is 0. The Hall–Kier alpha value is -2.62. The molecule has 1 aliphatic heterocycles. The second-order valence-corrected chi connectivity index (χ2v) is 7.21. The van der Waals surface area contributed by atoms with Crippen molar-refractivity contribution in [3.8, 4) is 0 Å². The van der Waals surface area contributed by atoms with Crippen molar-refractivity contribution in [1.29, 1.82) is 0 Å². The number of carbonyl (C=O) groups is 2. The SMILES string of the molecule is CCc1ccc(C(=O)N2CCN(C(=O)CCc3cccc(C)c3)CC2)cc1. The maximum Gasteiger partial charge on any atom is 0.253 e. The lowest BCUT2D eigenvalue weighted by Gasteiger charge is -2.35. The highest BCUT2D eigenvalue weighted by molar-refractivity contribution is 5.94. The van der Waals surface area contributed by atoms with E-state index in [9.17, 15) is 9.59 Å². The largest absolute Gasteiger partial charge is 0.339 e. The standard InChI is InChI=1S/C23H28N2O2/c1-3-19-7-10-21(11-8-19)23(27)25-15-13-24(14-16-25)22(26)12-9-20-6-4-5-18(2)17-20/h4-8,10-11,17H,3,9,12-16H2,1-2H3. The van der Waals surface area contributed by atoms with Crippen molar-refractivity contribution >= 4 is 11.8 Å². The van der Waals surface area contributed by atoms with Crippen LogP contribution in [0.2, 0.25) is 0 Å². The van der Waals surface area contributed by atoms with E-state index < -0.39 is 0 Å². The fourth-order valence-electron chi connectivity index (χ4n) is 3.50. The van der Waals surface area contributed by atoms with Crippen LogP contribution in [0.1, 0.15) is 40.4 Å². The van der Waals surface area contributed by atoms with Crippen LogP contribution in [-0.2, 0) is 17.6 Å². The summed E-state index contributed by atoms with van der Waals surface area (Å²) in [4.78, 5) is 28.9. The fourth-order valence-corrected chi connectivity index (χ4v) is 3.50. The molecule has 2 aromatic carbocycles. The lowest BCUT2D eigenvalue weighted by molar-refractivity contribution is -0.132. The quantitative estimate of drug-likeness (QED) is 0.815. The van der Waals surface area contributed by atoms with Gasteiger partial charge in [0.25, 0.3) is 5.91 Å². The predicted octanol–water partition coefficient (Wildman–Crippen LogP) is 3.47. The molecule has 1 fully saturated rings. The fraction of sp³-hybridized carbons (Fsp3) is 0.391. The first-order valence-electron chi connectivity index (χ1n) is 9.78. The summed E-state index contributed by atoms with van der Waals surface area (Å²) in [5, 5.41) is 0. The molecule has 1 heterocycles. The van der Waals surface area contributed by atoms with Crippen molar-refractivity contribution < 1.29 is 9.59 Å². The molecule has 2 amide bonds. The summed E-state index contributed by atoms with van der Waals surface area (Å²) >= 11 is 0. The minimum absolute atomic E-state index is 0.0597. The van der Waals surface area contributed by atoms with Crippen molar-refractivity contribution in [3.05, 3.63) is 70.8 Å². The van der Waals surface area contributed by atoms with E-state index in [2.05, 4.69) is 32.0 Å². The van der Waals surface area contributed by atoms with Crippen LogP contribution in [0.3, 0.4) is 0 Å². The number of carbonyl (C=O) groups excluding carboxylic acids is 2. The van der Waals surface area contributed by atoms with E-state index >= 15 is 0 Å². The number of aryl methyl sites for hydroxylation is 3. The van der Waals surface area contributed by atoms with E-state index in [0.717, 1.165) is 18.4 Å². The Morgan fingerprint density at radius 1 is 0.889 bits per heavy atom. The molecule has 2 aromatic rings. The van der Waals surface area contributed by atoms with Crippen LogP contribution >= 0.6 is 0 Å². The number of piperazine rings is 1. The Morgan fingerprint density at radius 3 is 2.19 bits per heavy atom. The number of nitrogens with zero attached hydrogens (tertiary/aromatic N) is 2. The Labute approximate surface area is 161 Å².